The Bertz CT molecular complexity index is 594. The third-order valence-corrected chi connectivity index (χ3v) is 3.06. The van der Waals surface area contributed by atoms with E-state index >= 15 is 0 Å². The lowest BCUT2D eigenvalue weighted by molar-refractivity contribution is 0.0989. The van der Waals surface area contributed by atoms with Crippen LogP contribution in [-0.2, 0) is 13.0 Å². The van der Waals surface area contributed by atoms with E-state index in [0.29, 0.717) is 22.1 Å². The van der Waals surface area contributed by atoms with Crippen molar-refractivity contribution in [3.63, 3.8) is 0 Å². The average Bonchev–Trinajstić information content (AvgIpc) is 2.77. The van der Waals surface area contributed by atoms with Crippen LogP contribution in [0.25, 0.3) is 0 Å². The lowest BCUT2D eigenvalue weighted by atomic mass is 10.1. The van der Waals surface area contributed by atoms with E-state index in [1.165, 1.54) is 6.33 Å². The van der Waals surface area contributed by atoms with Crippen molar-refractivity contribution in [3.8, 4) is 0 Å². The van der Waals surface area contributed by atoms with Gasteiger partial charge in [0.2, 0.25) is 0 Å². The number of hydrogen-bond acceptors (Lipinski definition) is 4. The Morgan fingerprint density at radius 2 is 2.26 bits per heavy atom. The minimum Gasteiger partial charge on any atom is -0.399 e. The number of carbonyl (C=O) groups is 1. The molecule has 0 unspecified atom stereocenters. The van der Waals surface area contributed by atoms with Gasteiger partial charge in [-0.25, -0.2) is 9.67 Å². The number of carbonyl (C=O) groups excluding carboxylic acids is 1. The van der Waals surface area contributed by atoms with Crippen LogP contribution < -0.4 is 5.73 Å². The first kappa shape index (κ1) is 13.5. The molecule has 2 aromatic rings. The van der Waals surface area contributed by atoms with Gasteiger partial charge in [0.15, 0.2) is 5.78 Å². The number of nitrogens with two attached hydrogens (primary N) is 1. The second kappa shape index (κ2) is 5.84. The number of nitrogens with zero attached hydrogens (tertiary/aromatic N) is 3. The molecule has 0 aliphatic heterocycles. The quantitative estimate of drug-likeness (QED) is 0.673. The molecule has 1 aromatic carbocycles. The van der Waals surface area contributed by atoms with Gasteiger partial charge in [-0.15, -0.1) is 0 Å². The van der Waals surface area contributed by atoms with Crippen molar-refractivity contribution in [1.82, 2.24) is 14.8 Å². The normalized spacial score (nSPS) is 10.6. The van der Waals surface area contributed by atoms with E-state index in [2.05, 4.69) is 10.1 Å². The molecule has 0 aliphatic carbocycles. The van der Waals surface area contributed by atoms with Gasteiger partial charge in [-0.05, 0) is 24.6 Å². The lowest BCUT2D eigenvalue weighted by Gasteiger charge is -2.06. The summed E-state index contributed by atoms with van der Waals surface area (Å²) in [7, 11) is 0. The number of benzene rings is 1. The molecule has 0 bridgehead atoms. The number of rotatable bonds is 5. The van der Waals surface area contributed by atoms with E-state index < -0.39 is 0 Å². The number of halogens is 1. The highest BCUT2D eigenvalue weighted by Crippen LogP contribution is 2.20. The van der Waals surface area contributed by atoms with Crippen LogP contribution in [0.15, 0.2) is 24.5 Å². The zero-order chi connectivity index (χ0) is 13.8. The smallest absolute Gasteiger partial charge is 0.171 e. The number of aryl methyl sites for hydroxylation is 1. The van der Waals surface area contributed by atoms with Crippen LogP contribution in [-0.4, -0.2) is 20.5 Å². The van der Waals surface area contributed by atoms with Crippen molar-refractivity contribution in [2.24, 2.45) is 0 Å². The molecule has 6 heteroatoms. The molecule has 1 heterocycles. The predicted molar refractivity (Wildman–Crippen MR) is 74.2 cm³/mol. The summed E-state index contributed by atoms with van der Waals surface area (Å²) in [5.74, 6) is 0.565. The second-order valence-electron chi connectivity index (χ2n) is 4.24. The minimum atomic E-state index is -0.0876. The fourth-order valence-electron chi connectivity index (χ4n) is 1.82. The Labute approximate surface area is 116 Å². The van der Waals surface area contributed by atoms with E-state index in [1.54, 1.807) is 22.9 Å². The van der Waals surface area contributed by atoms with Gasteiger partial charge in [0.05, 0.1) is 11.4 Å². The first-order chi connectivity index (χ1) is 9.11. The van der Waals surface area contributed by atoms with Crippen molar-refractivity contribution in [2.45, 2.75) is 26.3 Å². The molecule has 0 fully saturated rings. The van der Waals surface area contributed by atoms with Crippen LogP contribution in [0.5, 0.6) is 0 Å². The molecule has 0 radical (unpaired) electrons. The van der Waals surface area contributed by atoms with E-state index in [4.69, 9.17) is 17.3 Å². The number of Topliss-reactive ketones (excluding diaryl/α,β-unsaturated/α-hetero) is 1. The molecule has 0 atom stereocenters. The molecule has 0 saturated carbocycles. The van der Waals surface area contributed by atoms with Crippen molar-refractivity contribution in [3.05, 3.63) is 40.9 Å². The summed E-state index contributed by atoms with van der Waals surface area (Å²) in [6, 6.07) is 4.88. The van der Waals surface area contributed by atoms with E-state index in [9.17, 15) is 4.79 Å². The van der Waals surface area contributed by atoms with Crippen molar-refractivity contribution in [2.75, 3.05) is 5.73 Å². The molecule has 5 nitrogen and oxygen atoms in total. The standard InChI is InChI=1S/C13H15ClN4O/c1-2-5-18-13(16-8-17-18)7-12(19)10-4-3-9(15)6-11(10)14/h3-4,6,8H,2,5,7,15H2,1H3. The Kier molecular flexibility index (Phi) is 4.16. The van der Waals surface area contributed by atoms with Crippen molar-refractivity contribution >= 4 is 23.1 Å². The number of nitrogen functional groups attached to an aromatic ring is 1. The number of hydrogen-bond donors (Lipinski definition) is 1. The maximum Gasteiger partial charge on any atom is 0.171 e. The van der Waals surface area contributed by atoms with Crippen LogP contribution in [0.3, 0.4) is 0 Å². The van der Waals surface area contributed by atoms with Crippen molar-refractivity contribution in [1.29, 1.82) is 0 Å². The third-order valence-electron chi connectivity index (χ3n) is 2.74. The zero-order valence-corrected chi connectivity index (χ0v) is 11.4. The summed E-state index contributed by atoms with van der Waals surface area (Å²) in [6.07, 6.45) is 2.58. The molecule has 100 valence electrons. The van der Waals surface area contributed by atoms with Crippen molar-refractivity contribution < 1.29 is 4.79 Å². The Morgan fingerprint density at radius 3 is 2.95 bits per heavy atom. The molecule has 0 amide bonds. The van der Waals surface area contributed by atoms with Gasteiger partial charge >= 0.3 is 0 Å². The first-order valence-electron chi connectivity index (χ1n) is 6.06. The summed E-state index contributed by atoms with van der Waals surface area (Å²) in [4.78, 5) is 16.3. The van der Waals surface area contributed by atoms with Crippen LogP contribution in [0.2, 0.25) is 5.02 Å². The van der Waals surface area contributed by atoms with Gasteiger partial charge in [-0.1, -0.05) is 18.5 Å². The monoisotopic (exact) mass is 278 g/mol. The molecule has 0 spiro atoms. The average molecular weight is 279 g/mol. The SMILES string of the molecule is CCCn1ncnc1CC(=O)c1ccc(N)cc1Cl. The van der Waals surface area contributed by atoms with Crippen LogP contribution in [0.4, 0.5) is 5.69 Å². The number of ketones is 1. The van der Waals surface area contributed by atoms with Gasteiger partial charge in [-0.3, -0.25) is 4.79 Å². The molecule has 0 saturated heterocycles. The largest absolute Gasteiger partial charge is 0.399 e. The highest BCUT2D eigenvalue weighted by Gasteiger charge is 2.14. The van der Waals surface area contributed by atoms with E-state index in [-0.39, 0.29) is 12.2 Å². The minimum absolute atomic E-state index is 0.0876. The van der Waals surface area contributed by atoms with Gasteiger partial charge < -0.3 is 5.73 Å². The van der Waals surface area contributed by atoms with Gasteiger partial charge in [-0.2, -0.15) is 5.10 Å². The highest BCUT2D eigenvalue weighted by atomic mass is 35.5. The molecule has 2 N–H and O–H groups in total. The summed E-state index contributed by atoms with van der Waals surface area (Å²) in [5.41, 5.74) is 6.60. The van der Waals surface area contributed by atoms with E-state index in [1.807, 2.05) is 6.92 Å². The van der Waals surface area contributed by atoms with E-state index in [0.717, 1.165) is 13.0 Å². The number of aromatic nitrogens is 3. The predicted octanol–water partition coefficient (Wildman–Crippen LogP) is 2.35. The molecular formula is C13H15ClN4O. The topological polar surface area (TPSA) is 73.8 Å². The van der Waals surface area contributed by atoms with Crippen LogP contribution in [0.1, 0.15) is 29.5 Å². The molecule has 0 aliphatic rings. The Hall–Kier alpha value is -1.88. The molecular weight excluding hydrogens is 264 g/mol. The van der Waals surface area contributed by atoms with Crippen LogP contribution >= 0.6 is 11.6 Å². The fraction of sp³-hybridized carbons (Fsp3) is 0.308. The highest BCUT2D eigenvalue weighted by molar-refractivity contribution is 6.34. The molecule has 19 heavy (non-hydrogen) atoms. The Balaban J connectivity index is 2.18. The maximum absolute atomic E-state index is 12.2. The number of anilines is 1. The van der Waals surface area contributed by atoms with Gasteiger partial charge in [0.25, 0.3) is 0 Å². The summed E-state index contributed by atoms with van der Waals surface area (Å²) in [6.45, 7) is 2.79. The molecule has 2 rings (SSSR count). The second-order valence-corrected chi connectivity index (χ2v) is 4.65. The van der Waals surface area contributed by atoms with Crippen LogP contribution in [0, 0.1) is 0 Å². The Morgan fingerprint density at radius 1 is 1.47 bits per heavy atom. The summed E-state index contributed by atoms with van der Waals surface area (Å²) < 4.78 is 1.74. The fourth-order valence-corrected chi connectivity index (χ4v) is 2.11. The van der Waals surface area contributed by atoms with Gasteiger partial charge in [0.1, 0.15) is 12.2 Å². The van der Waals surface area contributed by atoms with Gasteiger partial charge in [0, 0.05) is 17.8 Å². The lowest BCUT2D eigenvalue weighted by Crippen LogP contribution is -2.12. The summed E-state index contributed by atoms with van der Waals surface area (Å²) in [5, 5.41) is 4.46. The summed E-state index contributed by atoms with van der Waals surface area (Å²) >= 11 is 6.02. The maximum atomic E-state index is 12.2. The zero-order valence-electron chi connectivity index (χ0n) is 10.6. The molecule has 1 aromatic heterocycles. The third kappa shape index (κ3) is 3.12. The first-order valence-corrected chi connectivity index (χ1v) is 6.44.